The molecular formula is C22H27F3N4O2. The summed E-state index contributed by atoms with van der Waals surface area (Å²) in [6, 6.07) is 5.62. The Labute approximate surface area is 179 Å². The SMILES string of the molecule is CN1CCC(CN(C[C@@H](O)c2cccnc2)C(=O)Cc2ccc(C(F)(F)F)nc2)CC1. The van der Waals surface area contributed by atoms with Crippen molar-refractivity contribution in [3.63, 3.8) is 0 Å². The molecule has 9 heteroatoms. The third-order valence-corrected chi connectivity index (χ3v) is 5.60. The van der Waals surface area contributed by atoms with Crippen LogP contribution in [0.25, 0.3) is 0 Å². The highest BCUT2D eigenvalue weighted by atomic mass is 19.4. The first-order valence-electron chi connectivity index (χ1n) is 10.3. The molecule has 2 aromatic heterocycles. The number of likely N-dealkylation sites (tertiary alicyclic amines) is 1. The largest absolute Gasteiger partial charge is 0.433 e. The lowest BCUT2D eigenvalue weighted by Crippen LogP contribution is -2.42. The van der Waals surface area contributed by atoms with Gasteiger partial charge in [0.05, 0.1) is 19.1 Å². The van der Waals surface area contributed by atoms with Crippen LogP contribution in [0.5, 0.6) is 0 Å². The van der Waals surface area contributed by atoms with Gasteiger partial charge in [-0.05, 0) is 56.6 Å². The Bertz CT molecular complexity index is 838. The van der Waals surface area contributed by atoms with E-state index in [1.807, 2.05) is 0 Å². The molecule has 0 radical (unpaired) electrons. The van der Waals surface area contributed by atoms with Crippen molar-refractivity contribution in [3.8, 4) is 0 Å². The number of amides is 1. The molecule has 0 unspecified atom stereocenters. The van der Waals surface area contributed by atoms with Crippen LogP contribution in [0.15, 0.2) is 42.9 Å². The lowest BCUT2D eigenvalue weighted by molar-refractivity contribution is -0.141. The number of nitrogens with zero attached hydrogens (tertiary/aromatic N) is 4. The highest BCUT2D eigenvalue weighted by Gasteiger charge is 2.32. The molecule has 6 nitrogen and oxygen atoms in total. The fourth-order valence-electron chi connectivity index (χ4n) is 3.70. The molecule has 168 valence electrons. The van der Waals surface area contributed by atoms with E-state index in [-0.39, 0.29) is 18.9 Å². The van der Waals surface area contributed by atoms with E-state index in [2.05, 4.69) is 21.9 Å². The molecule has 0 aliphatic carbocycles. The molecule has 0 spiro atoms. The van der Waals surface area contributed by atoms with Gasteiger partial charge in [-0.2, -0.15) is 13.2 Å². The zero-order chi connectivity index (χ0) is 22.4. The fraction of sp³-hybridized carbons (Fsp3) is 0.500. The number of halogens is 3. The fourth-order valence-corrected chi connectivity index (χ4v) is 3.70. The average molecular weight is 436 g/mol. The van der Waals surface area contributed by atoms with Crippen molar-refractivity contribution in [2.45, 2.75) is 31.5 Å². The molecule has 2 aromatic rings. The summed E-state index contributed by atoms with van der Waals surface area (Å²) in [7, 11) is 2.06. The molecule has 1 N–H and O–H groups in total. The van der Waals surface area contributed by atoms with Gasteiger partial charge in [0.25, 0.3) is 0 Å². The second kappa shape index (κ2) is 10.2. The van der Waals surface area contributed by atoms with Gasteiger partial charge in [0, 0.05) is 30.7 Å². The predicted octanol–water partition coefficient (Wildman–Crippen LogP) is 2.94. The number of piperidine rings is 1. The lowest BCUT2D eigenvalue weighted by Gasteiger charge is -2.34. The molecule has 3 heterocycles. The number of carbonyl (C=O) groups is 1. The van der Waals surface area contributed by atoms with Gasteiger partial charge in [0.2, 0.25) is 5.91 Å². The maximum absolute atomic E-state index is 13.0. The summed E-state index contributed by atoms with van der Waals surface area (Å²) in [5.41, 5.74) is 0.0287. The minimum atomic E-state index is -4.52. The van der Waals surface area contributed by atoms with E-state index in [0.29, 0.717) is 23.6 Å². The Balaban J connectivity index is 1.70. The molecule has 0 saturated carbocycles. The van der Waals surface area contributed by atoms with Crippen LogP contribution in [-0.2, 0) is 17.4 Å². The number of aromatic nitrogens is 2. The van der Waals surface area contributed by atoms with Crippen molar-refractivity contribution >= 4 is 5.91 Å². The maximum atomic E-state index is 13.0. The third kappa shape index (κ3) is 6.73. The number of alkyl halides is 3. The number of pyridine rings is 2. The van der Waals surface area contributed by atoms with Crippen molar-refractivity contribution in [2.75, 3.05) is 33.2 Å². The summed E-state index contributed by atoms with van der Waals surface area (Å²) < 4.78 is 38.2. The van der Waals surface area contributed by atoms with Crippen LogP contribution in [0.4, 0.5) is 13.2 Å². The molecule has 1 aliphatic heterocycles. The average Bonchev–Trinajstić information content (AvgIpc) is 2.75. The Morgan fingerprint density at radius 1 is 1.26 bits per heavy atom. The van der Waals surface area contributed by atoms with Gasteiger partial charge in [-0.1, -0.05) is 12.1 Å². The highest BCUT2D eigenvalue weighted by Crippen LogP contribution is 2.27. The lowest BCUT2D eigenvalue weighted by atomic mass is 9.96. The molecular weight excluding hydrogens is 409 g/mol. The normalized spacial score (nSPS) is 16.8. The number of hydrogen-bond acceptors (Lipinski definition) is 5. The predicted molar refractivity (Wildman–Crippen MR) is 109 cm³/mol. The maximum Gasteiger partial charge on any atom is 0.433 e. The molecule has 1 amide bonds. The number of hydrogen-bond donors (Lipinski definition) is 1. The molecule has 1 fully saturated rings. The van der Waals surface area contributed by atoms with Gasteiger partial charge in [0.1, 0.15) is 5.69 Å². The quantitative estimate of drug-likeness (QED) is 0.723. The van der Waals surface area contributed by atoms with Crippen LogP contribution in [0.2, 0.25) is 0 Å². The van der Waals surface area contributed by atoms with Crippen LogP contribution in [0.3, 0.4) is 0 Å². The van der Waals surface area contributed by atoms with E-state index < -0.39 is 18.0 Å². The van der Waals surface area contributed by atoms with Crippen molar-refractivity contribution in [3.05, 3.63) is 59.7 Å². The number of aliphatic hydroxyl groups is 1. The zero-order valence-corrected chi connectivity index (χ0v) is 17.4. The summed E-state index contributed by atoms with van der Waals surface area (Å²) in [5, 5.41) is 10.6. The van der Waals surface area contributed by atoms with Crippen LogP contribution in [0.1, 0.15) is 35.8 Å². The van der Waals surface area contributed by atoms with Crippen molar-refractivity contribution in [2.24, 2.45) is 5.92 Å². The van der Waals surface area contributed by atoms with E-state index in [9.17, 15) is 23.1 Å². The minimum absolute atomic E-state index is 0.0719. The molecule has 0 bridgehead atoms. The summed E-state index contributed by atoms with van der Waals surface area (Å²) >= 11 is 0. The Hall–Kier alpha value is -2.52. The van der Waals surface area contributed by atoms with Crippen molar-refractivity contribution < 1.29 is 23.1 Å². The van der Waals surface area contributed by atoms with Crippen molar-refractivity contribution in [1.29, 1.82) is 0 Å². The summed E-state index contributed by atoms with van der Waals surface area (Å²) in [4.78, 5) is 24.3. The number of rotatable bonds is 7. The van der Waals surface area contributed by atoms with Crippen LogP contribution in [0, 0.1) is 5.92 Å². The van der Waals surface area contributed by atoms with Gasteiger partial charge >= 0.3 is 6.18 Å². The molecule has 1 aliphatic rings. The molecule has 1 saturated heterocycles. The van der Waals surface area contributed by atoms with E-state index in [1.54, 1.807) is 29.4 Å². The van der Waals surface area contributed by atoms with Crippen LogP contribution in [-0.4, -0.2) is 64.0 Å². The van der Waals surface area contributed by atoms with Crippen molar-refractivity contribution in [1.82, 2.24) is 19.8 Å². The standard InChI is InChI=1S/C22H27F3N4O2/c1-28-9-6-16(7-10-28)14-29(15-19(30)18-3-2-8-26-13-18)21(31)11-17-4-5-20(27-12-17)22(23,24)25/h2-5,8,12-13,16,19,30H,6-7,9-11,14-15H2,1H3/t19-/m1/s1. The molecule has 1 atom stereocenters. The summed E-state index contributed by atoms with van der Waals surface area (Å²) in [5.74, 6) is 0.0652. The smallest absolute Gasteiger partial charge is 0.386 e. The van der Waals surface area contributed by atoms with E-state index in [1.165, 1.54) is 6.07 Å². The van der Waals surface area contributed by atoms with Crippen LogP contribution < -0.4 is 0 Å². The topological polar surface area (TPSA) is 69.6 Å². The van der Waals surface area contributed by atoms with E-state index >= 15 is 0 Å². The second-order valence-electron chi connectivity index (χ2n) is 8.07. The number of carbonyl (C=O) groups excluding carboxylic acids is 1. The monoisotopic (exact) mass is 436 g/mol. The Morgan fingerprint density at radius 3 is 2.58 bits per heavy atom. The third-order valence-electron chi connectivity index (χ3n) is 5.60. The van der Waals surface area contributed by atoms with Gasteiger partial charge in [-0.25, -0.2) is 0 Å². The highest BCUT2D eigenvalue weighted by molar-refractivity contribution is 5.78. The molecule has 31 heavy (non-hydrogen) atoms. The van der Waals surface area contributed by atoms with Gasteiger partial charge in [-0.15, -0.1) is 0 Å². The Morgan fingerprint density at radius 2 is 2.00 bits per heavy atom. The summed E-state index contributed by atoms with van der Waals surface area (Å²) in [6.45, 7) is 2.49. The zero-order valence-electron chi connectivity index (χ0n) is 17.4. The number of aliphatic hydroxyl groups excluding tert-OH is 1. The Kier molecular flexibility index (Phi) is 7.61. The van der Waals surface area contributed by atoms with Gasteiger partial charge < -0.3 is 14.9 Å². The van der Waals surface area contributed by atoms with Gasteiger partial charge in [0.15, 0.2) is 0 Å². The minimum Gasteiger partial charge on any atom is -0.386 e. The second-order valence-corrected chi connectivity index (χ2v) is 8.07. The van der Waals surface area contributed by atoms with Gasteiger partial charge in [-0.3, -0.25) is 14.8 Å². The van der Waals surface area contributed by atoms with Crippen LogP contribution >= 0.6 is 0 Å². The van der Waals surface area contributed by atoms with E-state index in [0.717, 1.165) is 38.2 Å². The first kappa shape index (κ1) is 23.1. The summed E-state index contributed by atoms with van der Waals surface area (Å²) in [6.07, 6.45) is 0.670. The first-order valence-corrected chi connectivity index (χ1v) is 10.3. The first-order chi connectivity index (χ1) is 14.7. The molecule has 3 rings (SSSR count). The molecule has 0 aromatic carbocycles. The van der Waals surface area contributed by atoms with E-state index in [4.69, 9.17) is 0 Å².